The van der Waals surface area contributed by atoms with Crippen LogP contribution in [0.2, 0.25) is 0 Å². The van der Waals surface area contributed by atoms with Gasteiger partial charge in [0.15, 0.2) is 0 Å². The summed E-state index contributed by atoms with van der Waals surface area (Å²) in [5.74, 6) is 0. The Balaban J connectivity index is 1.53. The number of hydrogen-bond donors (Lipinski definition) is 1. The third-order valence-electron chi connectivity index (χ3n) is 6.07. The van der Waals surface area contributed by atoms with E-state index in [-0.39, 0.29) is 0 Å². The summed E-state index contributed by atoms with van der Waals surface area (Å²) in [6.45, 7) is 4.57. The molecule has 2 rings (SSSR count). The van der Waals surface area contributed by atoms with Gasteiger partial charge in [0, 0.05) is 23.1 Å². The largest absolute Gasteiger partial charge is 0.294 e. The lowest BCUT2D eigenvalue weighted by molar-refractivity contribution is 0.566. The predicted octanol–water partition coefficient (Wildman–Crippen LogP) is 9.32. The fourth-order valence-corrected chi connectivity index (χ4v) is 4.97. The van der Waals surface area contributed by atoms with Crippen molar-refractivity contribution in [3.63, 3.8) is 0 Å². The highest BCUT2D eigenvalue weighted by Gasteiger charge is 2.15. The highest BCUT2D eigenvalue weighted by Crippen LogP contribution is 2.33. The zero-order valence-electron chi connectivity index (χ0n) is 19.8. The van der Waals surface area contributed by atoms with Crippen molar-refractivity contribution in [2.45, 2.75) is 123 Å². The molecule has 0 saturated heterocycles. The summed E-state index contributed by atoms with van der Waals surface area (Å²) in [6.07, 6.45) is 25.4. The predicted molar refractivity (Wildman–Crippen MR) is 137 cm³/mol. The Kier molecular flexibility index (Phi) is 13.9. The minimum absolute atomic E-state index is 1.21. The maximum absolute atomic E-state index is 3.43. The first-order valence-corrected chi connectivity index (χ1v) is 13.6. The fourth-order valence-electron chi connectivity index (χ4n) is 4.06. The van der Waals surface area contributed by atoms with Crippen molar-refractivity contribution < 1.29 is 0 Å². The molecule has 170 valence electrons. The minimum Gasteiger partial charge on any atom is -0.294 e. The minimum atomic E-state index is 1.21. The molecule has 0 saturated carbocycles. The van der Waals surface area contributed by atoms with Crippen LogP contribution in [0, 0.1) is 0 Å². The van der Waals surface area contributed by atoms with Crippen LogP contribution in [0.3, 0.4) is 0 Å². The van der Waals surface area contributed by atoms with Crippen LogP contribution in [0.15, 0.2) is 35.4 Å². The molecular weight excluding hydrogens is 384 g/mol. The van der Waals surface area contributed by atoms with Gasteiger partial charge in [-0.1, -0.05) is 109 Å². The average molecular weight is 431 g/mol. The maximum atomic E-state index is 3.43. The van der Waals surface area contributed by atoms with Gasteiger partial charge in [0.25, 0.3) is 0 Å². The van der Waals surface area contributed by atoms with Crippen molar-refractivity contribution in [2.75, 3.05) is 4.41 Å². The number of nitrogens with zero attached hydrogens (tertiary/aromatic N) is 1. The number of aryl methyl sites for hydroxylation is 1. The SMILES string of the molecule is CCCCCCCCCCCC1=CNN(c2ccc(CCCCCCCC)cc2)S1. The third kappa shape index (κ3) is 10.8. The molecule has 1 N–H and O–H groups in total. The van der Waals surface area contributed by atoms with E-state index in [0.717, 1.165) is 0 Å². The third-order valence-corrected chi connectivity index (χ3v) is 7.12. The van der Waals surface area contributed by atoms with Gasteiger partial charge in [-0.3, -0.25) is 5.43 Å². The van der Waals surface area contributed by atoms with E-state index in [4.69, 9.17) is 0 Å². The Labute approximate surface area is 191 Å². The number of unbranched alkanes of at least 4 members (excludes halogenated alkanes) is 13. The van der Waals surface area contributed by atoms with Crippen LogP contribution >= 0.6 is 11.9 Å². The summed E-state index contributed by atoms with van der Waals surface area (Å²) in [4.78, 5) is 1.47. The Morgan fingerprint density at radius 3 is 1.70 bits per heavy atom. The standard InChI is InChI=1S/C27H46N2S/c1-3-5-7-9-11-12-13-15-17-19-27-24-28-29(30-27)26-22-20-25(21-23-26)18-16-14-10-8-6-4-2/h20-24,28H,3-19H2,1-2H3. The van der Waals surface area contributed by atoms with Gasteiger partial charge in [0.1, 0.15) is 0 Å². The van der Waals surface area contributed by atoms with Crippen LogP contribution in [-0.4, -0.2) is 0 Å². The van der Waals surface area contributed by atoms with Crippen LogP contribution in [0.5, 0.6) is 0 Å². The molecule has 0 aromatic heterocycles. The normalized spacial score (nSPS) is 13.5. The van der Waals surface area contributed by atoms with Gasteiger partial charge < -0.3 is 0 Å². The first-order valence-electron chi connectivity index (χ1n) is 12.9. The highest BCUT2D eigenvalue weighted by molar-refractivity contribution is 8.04. The maximum Gasteiger partial charge on any atom is 0.0704 e. The molecule has 1 aliphatic rings. The fraction of sp³-hybridized carbons (Fsp3) is 0.704. The van der Waals surface area contributed by atoms with E-state index in [2.05, 4.69) is 54.2 Å². The van der Waals surface area contributed by atoms with Gasteiger partial charge >= 0.3 is 0 Å². The summed E-state index contributed by atoms with van der Waals surface area (Å²) in [5, 5.41) is 0. The number of hydrogen-bond acceptors (Lipinski definition) is 3. The highest BCUT2D eigenvalue weighted by atomic mass is 32.2. The molecule has 2 nitrogen and oxygen atoms in total. The molecule has 0 radical (unpaired) electrons. The smallest absolute Gasteiger partial charge is 0.0704 e. The second kappa shape index (κ2) is 16.6. The molecule has 3 heteroatoms. The van der Waals surface area contributed by atoms with E-state index in [1.54, 1.807) is 0 Å². The molecular formula is C27H46N2S. The first-order chi connectivity index (χ1) is 14.8. The van der Waals surface area contributed by atoms with Crippen molar-refractivity contribution in [3.8, 4) is 0 Å². The Morgan fingerprint density at radius 2 is 1.13 bits per heavy atom. The van der Waals surface area contributed by atoms with Crippen molar-refractivity contribution in [3.05, 3.63) is 40.9 Å². The molecule has 0 unspecified atom stereocenters. The monoisotopic (exact) mass is 430 g/mol. The number of nitrogens with one attached hydrogen (secondary N) is 1. The molecule has 1 aliphatic heterocycles. The molecule has 0 aliphatic carbocycles. The number of anilines is 1. The first kappa shape index (κ1) is 25.2. The number of hydrazine groups is 1. The van der Waals surface area contributed by atoms with Crippen LogP contribution in [0.4, 0.5) is 5.69 Å². The zero-order chi connectivity index (χ0) is 21.3. The van der Waals surface area contributed by atoms with E-state index < -0.39 is 0 Å². The van der Waals surface area contributed by atoms with Crippen LogP contribution in [0.1, 0.15) is 122 Å². The molecule has 0 spiro atoms. The van der Waals surface area contributed by atoms with E-state index >= 15 is 0 Å². The van der Waals surface area contributed by atoms with Crippen molar-refractivity contribution in [1.82, 2.24) is 5.43 Å². The Bertz CT molecular complexity index is 567. The zero-order valence-corrected chi connectivity index (χ0v) is 20.6. The molecule has 0 bridgehead atoms. The van der Waals surface area contributed by atoms with Gasteiger partial charge in [-0.05, 0) is 43.4 Å². The van der Waals surface area contributed by atoms with Gasteiger partial charge in [-0.2, -0.15) is 0 Å². The summed E-state index contributed by atoms with van der Waals surface area (Å²) < 4.78 is 2.21. The summed E-state index contributed by atoms with van der Waals surface area (Å²) >= 11 is 1.86. The van der Waals surface area contributed by atoms with Gasteiger partial charge in [-0.15, -0.1) is 0 Å². The second-order valence-electron chi connectivity index (χ2n) is 8.89. The lowest BCUT2D eigenvalue weighted by atomic mass is 10.0. The number of benzene rings is 1. The van der Waals surface area contributed by atoms with E-state index in [0.29, 0.717) is 0 Å². The van der Waals surface area contributed by atoms with E-state index in [1.165, 1.54) is 125 Å². The molecule has 1 heterocycles. The number of allylic oxidation sites excluding steroid dienone is 1. The van der Waals surface area contributed by atoms with Crippen molar-refractivity contribution >= 4 is 17.6 Å². The number of rotatable bonds is 18. The van der Waals surface area contributed by atoms with Crippen molar-refractivity contribution in [2.24, 2.45) is 0 Å². The van der Waals surface area contributed by atoms with Gasteiger partial charge in [0.05, 0.1) is 5.69 Å². The summed E-state index contributed by atoms with van der Waals surface area (Å²) in [6, 6.07) is 9.15. The van der Waals surface area contributed by atoms with E-state index in [9.17, 15) is 0 Å². The summed E-state index contributed by atoms with van der Waals surface area (Å²) in [7, 11) is 0. The molecule has 30 heavy (non-hydrogen) atoms. The van der Waals surface area contributed by atoms with Crippen LogP contribution < -0.4 is 9.84 Å². The molecule has 1 aromatic rings. The molecule has 0 amide bonds. The lowest BCUT2D eigenvalue weighted by Crippen LogP contribution is -2.22. The summed E-state index contributed by atoms with van der Waals surface area (Å²) in [5.41, 5.74) is 6.16. The quantitative estimate of drug-likeness (QED) is 0.184. The second-order valence-corrected chi connectivity index (χ2v) is 9.96. The Hall–Kier alpha value is -1.09. The van der Waals surface area contributed by atoms with E-state index in [1.807, 2.05) is 11.9 Å². The van der Waals surface area contributed by atoms with Gasteiger partial charge in [-0.25, -0.2) is 4.41 Å². The van der Waals surface area contributed by atoms with Crippen LogP contribution in [-0.2, 0) is 6.42 Å². The van der Waals surface area contributed by atoms with Crippen molar-refractivity contribution in [1.29, 1.82) is 0 Å². The molecule has 1 aromatic carbocycles. The molecule has 0 fully saturated rings. The Morgan fingerprint density at radius 1 is 0.633 bits per heavy atom. The average Bonchev–Trinajstić information content (AvgIpc) is 3.24. The molecule has 0 atom stereocenters. The van der Waals surface area contributed by atoms with Gasteiger partial charge in [0.2, 0.25) is 0 Å². The van der Waals surface area contributed by atoms with Crippen LogP contribution in [0.25, 0.3) is 0 Å². The topological polar surface area (TPSA) is 15.3 Å². The lowest BCUT2D eigenvalue weighted by Gasteiger charge is -2.17.